The van der Waals surface area contributed by atoms with E-state index in [2.05, 4.69) is 15.1 Å². The SMILES string of the molecule is CCOC(=O)[C@H](C)NP(=O)(OC[C@H]1O[C@@H](n2ccc(N)nc2=O)[C@](C)(O)[C@@H]1O)Oc1ccc2[nH]ccc2c1. The summed E-state index contributed by atoms with van der Waals surface area (Å²) < 4.78 is 36.8. The molecule has 0 amide bonds. The van der Waals surface area contributed by atoms with Crippen LogP contribution in [-0.4, -0.2) is 67.8 Å². The van der Waals surface area contributed by atoms with Crippen molar-refractivity contribution in [3.63, 3.8) is 0 Å². The van der Waals surface area contributed by atoms with Crippen LogP contribution >= 0.6 is 7.75 Å². The number of carbonyl (C=O) groups is 1. The van der Waals surface area contributed by atoms with Crippen molar-refractivity contribution in [2.24, 2.45) is 0 Å². The maximum absolute atomic E-state index is 13.8. The number of ether oxygens (including phenoxy) is 2. The van der Waals surface area contributed by atoms with E-state index >= 15 is 0 Å². The second-order valence-corrected chi connectivity index (χ2v) is 10.6. The van der Waals surface area contributed by atoms with Gasteiger partial charge >= 0.3 is 19.4 Å². The number of aliphatic hydroxyl groups excluding tert-OH is 1. The molecule has 1 unspecified atom stereocenters. The highest BCUT2D eigenvalue weighted by molar-refractivity contribution is 7.52. The Labute approximate surface area is 217 Å². The number of nitrogens with zero attached hydrogens (tertiary/aromatic N) is 2. The summed E-state index contributed by atoms with van der Waals surface area (Å²) in [6.45, 7) is 3.89. The van der Waals surface area contributed by atoms with Crippen LogP contribution in [0.1, 0.15) is 27.0 Å². The molecule has 4 rings (SSSR count). The summed E-state index contributed by atoms with van der Waals surface area (Å²) in [5.41, 5.74) is 3.60. The van der Waals surface area contributed by atoms with Gasteiger partial charge in [-0.1, -0.05) is 0 Å². The first-order chi connectivity index (χ1) is 17.9. The number of aliphatic hydroxyl groups is 2. The van der Waals surface area contributed by atoms with Gasteiger partial charge in [-0.2, -0.15) is 10.1 Å². The molecule has 1 aliphatic heterocycles. The second kappa shape index (κ2) is 10.8. The number of aromatic nitrogens is 3. The third kappa shape index (κ3) is 5.75. The molecule has 206 valence electrons. The van der Waals surface area contributed by atoms with Gasteiger partial charge in [-0.25, -0.2) is 9.36 Å². The highest BCUT2D eigenvalue weighted by atomic mass is 31.2. The molecule has 0 aliphatic carbocycles. The van der Waals surface area contributed by atoms with Crippen molar-refractivity contribution in [2.45, 2.75) is 50.8 Å². The van der Waals surface area contributed by atoms with E-state index < -0.39 is 56.1 Å². The number of nitrogens with one attached hydrogen (secondary N) is 2. The number of aromatic amines is 1. The summed E-state index contributed by atoms with van der Waals surface area (Å²) >= 11 is 0. The molecule has 0 spiro atoms. The number of nitrogen functional groups attached to an aromatic ring is 1. The largest absolute Gasteiger partial charge is 0.465 e. The van der Waals surface area contributed by atoms with E-state index in [4.69, 9.17) is 24.3 Å². The Bertz CT molecular complexity index is 1410. The Morgan fingerprint density at radius 3 is 2.87 bits per heavy atom. The third-order valence-electron chi connectivity index (χ3n) is 6.01. The number of hydrogen-bond donors (Lipinski definition) is 5. The van der Waals surface area contributed by atoms with Gasteiger partial charge in [0, 0.05) is 23.3 Å². The van der Waals surface area contributed by atoms with E-state index in [1.165, 1.54) is 26.1 Å². The van der Waals surface area contributed by atoms with Gasteiger partial charge < -0.3 is 34.9 Å². The lowest BCUT2D eigenvalue weighted by molar-refractivity contribution is -0.144. The first-order valence-electron chi connectivity index (χ1n) is 11.8. The molecule has 1 saturated heterocycles. The van der Waals surface area contributed by atoms with Gasteiger partial charge in [0.2, 0.25) is 0 Å². The average molecular weight is 551 g/mol. The van der Waals surface area contributed by atoms with E-state index in [0.717, 1.165) is 15.5 Å². The zero-order chi connectivity index (χ0) is 27.7. The number of carbonyl (C=O) groups excluding carboxylic acids is 1. The van der Waals surface area contributed by atoms with Gasteiger partial charge in [-0.05, 0) is 51.1 Å². The lowest BCUT2D eigenvalue weighted by atomic mass is 9.96. The Kier molecular flexibility index (Phi) is 7.93. The first-order valence-corrected chi connectivity index (χ1v) is 13.3. The summed E-state index contributed by atoms with van der Waals surface area (Å²) in [5, 5.41) is 25.0. The highest BCUT2D eigenvalue weighted by Crippen LogP contribution is 2.47. The van der Waals surface area contributed by atoms with Crippen molar-refractivity contribution in [1.29, 1.82) is 0 Å². The fourth-order valence-electron chi connectivity index (χ4n) is 4.03. The Morgan fingerprint density at radius 1 is 1.39 bits per heavy atom. The van der Waals surface area contributed by atoms with E-state index in [1.807, 2.05) is 0 Å². The van der Waals surface area contributed by atoms with Crippen molar-refractivity contribution >= 4 is 30.4 Å². The predicted molar refractivity (Wildman–Crippen MR) is 135 cm³/mol. The molecule has 6 atom stereocenters. The number of nitrogens with two attached hydrogens (primary N) is 1. The number of benzene rings is 1. The normalized spacial score (nSPS) is 25.7. The van der Waals surface area contributed by atoms with Crippen LogP contribution in [0, 0.1) is 0 Å². The number of hydrogen-bond acceptors (Lipinski definition) is 11. The van der Waals surface area contributed by atoms with Crippen molar-refractivity contribution in [1.82, 2.24) is 19.6 Å². The molecule has 0 saturated carbocycles. The van der Waals surface area contributed by atoms with Crippen molar-refractivity contribution in [2.75, 3.05) is 18.9 Å². The Morgan fingerprint density at radius 2 is 2.16 bits per heavy atom. The van der Waals surface area contributed by atoms with E-state index in [0.29, 0.717) is 0 Å². The molecule has 0 bridgehead atoms. The van der Waals surface area contributed by atoms with E-state index in [9.17, 15) is 24.4 Å². The number of anilines is 1. The van der Waals surface area contributed by atoms with Crippen LogP contribution in [0.3, 0.4) is 0 Å². The molecule has 0 radical (unpaired) electrons. The smallest absolute Gasteiger partial charge is 0.459 e. The van der Waals surface area contributed by atoms with Crippen LogP contribution in [-0.2, 0) is 23.4 Å². The lowest BCUT2D eigenvalue weighted by Gasteiger charge is -2.27. The van der Waals surface area contributed by atoms with Gasteiger partial charge in [0.25, 0.3) is 0 Å². The maximum Gasteiger partial charge on any atom is 0.459 e. The molecule has 2 aromatic heterocycles. The summed E-state index contributed by atoms with van der Waals surface area (Å²) in [6, 6.07) is 6.95. The highest BCUT2D eigenvalue weighted by Gasteiger charge is 2.54. The minimum atomic E-state index is -4.29. The molecule has 1 aromatic carbocycles. The van der Waals surface area contributed by atoms with Crippen LogP contribution < -0.4 is 21.0 Å². The fraction of sp³-hybridized carbons (Fsp3) is 0.435. The monoisotopic (exact) mass is 551 g/mol. The maximum atomic E-state index is 13.8. The minimum absolute atomic E-state index is 0.0259. The van der Waals surface area contributed by atoms with Crippen molar-refractivity contribution in [3.05, 3.63) is 53.2 Å². The van der Waals surface area contributed by atoms with Crippen LogP contribution in [0.5, 0.6) is 5.75 Å². The predicted octanol–water partition coefficient (Wildman–Crippen LogP) is 1.06. The summed E-state index contributed by atoms with van der Waals surface area (Å²) in [4.78, 5) is 31.2. The standard InChI is InChI=1S/C23H30N5O9P/c1-4-34-20(30)13(2)27-38(33,37-15-5-6-16-14(11-15)7-9-25-16)35-12-17-19(29)23(3,32)21(36-17)28-10-8-18(24)26-22(28)31/h5-11,13,17,19,21,25,29,32H,4,12H2,1-3H3,(H,27,33)(H2,24,26,31)/t13-,17+,19+,21+,23+,38?/m0/s1. The molecule has 6 N–H and O–H groups in total. The van der Waals surface area contributed by atoms with Gasteiger partial charge in [-0.3, -0.25) is 13.9 Å². The quantitative estimate of drug-likeness (QED) is 0.177. The zero-order valence-corrected chi connectivity index (χ0v) is 21.8. The molecular weight excluding hydrogens is 521 g/mol. The molecule has 14 nitrogen and oxygen atoms in total. The minimum Gasteiger partial charge on any atom is -0.465 e. The molecule has 3 aromatic rings. The van der Waals surface area contributed by atoms with Crippen molar-refractivity contribution in [3.8, 4) is 5.75 Å². The second-order valence-electron chi connectivity index (χ2n) is 8.95. The zero-order valence-electron chi connectivity index (χ0n) is 20.9. The van der Waals surface area contributed by atoms with E-state index in [1.54, 1.807) is 37.4 Å². The van der Waals surface area contributed by atoms with Gasteiger partial charge in [0.05, 0.1) is 13.2 Å². The summed E-state index contributed by atoms with van der Waals surface area (Å²) in [7, 11) is -4.29. The number of esters is 1. The number of H-pyrrole nitrogens is 1. The Hall–Kier alpha value is -3.26. The molecule has 3 heterocycles. The van der Waals surface area contributed by atoms with Gasteiger partial charge in [-0.15, -0.1) is 0 Å². The van der Waals surface area contributed by atoms with Crippen LogP contribution in [0.25, 0.3) is 10.9 Å². The molecular formula is C23H30N5O9P. The molecule has 1 fully saturated rings. The third-order valence-corrected chi connectivity index (χ3v) is 7.65. The number of fused-ring (bicyclic) bond motifs is 1. The molecule has 15 heteroatoms. The van der Waals surface area contributed by atoms with Crippen LogP contribution in [0.15, 0.2) is 47.5 Å². The van der Waals surface area contributed by atoms with Gasteiger partial charge in [0.1, 0.15) is 35.4 Å². The fourth-order valence-corrected chi connectivity index (χ4v) is 5.52. The van der Waals surface area contributed by atoms with Crippen LogP contribution in [0.2, 0.25) is 0 Å². The van der Waals surface area contributed by atoms with Gasteiger partial charge in [0.15, 0.2) is 6.23 Å². The number of rotatable bonds is 10. The van der Waals surface area contributed by atoms with Crippen molar-refractivity contribution < 1.29 is 38.1 Å². The average Bonchev–Trinajstić information content (AvgIpc) is 3.40. The van der Waals surface area contributed by atoms with E-state index in [-0.39, 0.29) is 18.2 Å². The first kappa shape index (κ1) is 27.8. The summed E-state index contributed by atoms with van der Waals surface area (Å²) in [5.74, 6) is -0.528. The molecule has 1 aliphatic rings. The van der Waals surface area contributed by atoms with Crippen LogP contribution in [0.4, 0.5) is 5.82 Å². The Balaban J connectivity index is 1.55. The molecule has 38 heavy (non-hydrogen) atoms. The summed E-state index contributed by atoms with van der Waals surface area (Å²) in [6.07, 6.45) is -1.16. The lowest BCUT2D eigenvalue weighted by Crippen LogP contribution is -2.46. The topological polar surface area (TPSA) is 200 Å².